The quantitative estimate of drug-likeness (QED) is 0.687. The van der Waals surface area contributed by atoms with Gasteiger partial charge in [-0.15, -0.1) is 0 Å². The van der Waals surface area contributed by atoms with Crippen molar-refractivity contribution in [2.24, 2.45) is 0 Å². The minimum Gasteiger partial charge on any atom is -0.321 e. The van der Waals surface area contributed by atoms with Gasteiger partial charge in [0.25, 0.3) is 0 Å². The molecule has 2 amide bonds. The molecule has 2 aromatic rings. The Hall–Kier alpha value is -2.47. The molecule has 0 saturated carbocycles. The highest BCUT2D eigenvalue weighted by Crippen LogP contribution is 2.21. The number of piperidine rings is 1. The van der Waals surface area contributed by atoms with Crippen LogP contribution in [0.25, 0.3) is 0 Å². The van der Waals surface area contributed by atoms with Crippen molar-refractivity contribution >= 4 is 11.7 Å². The molecule has 1 fully saturated rings. The number of hydrogen-bond donors (Lipinski definition) is 1. The molecular weight excluding hydrogens is 372 g/mol. The molecule has 0 bridgehead atoms. The number of halogens is 2. The molecule has 2 aromatic carbocycles. The fourth-order valence-corrected chi connectivity index (χ4v) is 3.79. The molecular formula is C23H29F2N3O. The molecule has 4 nitrogen and oxygen atoms in total. The van der Waals surface area contributed by atoms with E-state index < -0.39 is 11.6 Å². The highest BCUT2D eigenvalue weighted by molar-refractivity contribution is 5.89. The zero-order chi connectivity index (χ0) is 20.6. The van der Waals surface area contributed by atoms with Crippen molar-refractivity contribution in [2.45, 2.75) is 45.2 Å². The zero-order valence-corrected chi connectivity index (χ0v) is 16.9. The summed E-state index contributed by atoms with van der Waals surface area (Å²) in [5, 5.41) is 2.63. The topological polar surface area (TPSA) is 35.6 Å². The summed E-state index contributed by atoms with van der Waals surface area (Å²) in [5.74, 6) is -1.42. The molecule has 1 heterocycles. The lowest BCUT2D eigenvalue weighted by Crippen LogP contribution is -2.49. The standard InChI is InChI=1S/C23H29F2N3O/c1-2-3-13-28(23(29)26-22-10-9-19(24)16-21(22)25)20-11-14-27(15-12-20)17-18-7-5-4-6-8-18/h4-10,16,20H,2-3,11-15,17H2,1H3,(H,26,29). The normalized spacial score (nSPS) is 15.3. The van der Waals surface area contributed by atoms with Gasteiger partial charge in [-0.1, -0.05) is 43.7 Å². The van der Waals surface area contributed by atoms with Crippen LogP contribution in [-0.2, 0) is 6.54 Å². The Morgan fingerprint density at radius 3 is 2.52 bits per heavy atom. The second kappa shape index (κ2) is 10.3. The third-order valence-electron chi connectivity index (χ3n) is 5.43. The van der Waals surface area contributed by atoms with Crippen LogP contribution in [0.4, 0.5) is 19.3 Å². The summed E-state index contributed by atoms with van der Waals surface area (Å²) in [6.07, 6.45) is 3.64. The second-order valence-electron chi connectivity index (χ2n) is 7.59. The summed E-state index contributed by atoms with van der Waals surface area (Å²) >= 11 is 0. The first kappa shape index (κ1) is 21.2. The molecule has 3 rings (SSSR count). The SMILES string of the molecule is CCCCN(C(=O)Nc1ccc(F)cc1F)C1CCN(Cc2ccccc2)CC1. The third-order valence-corrected chi connectivity index (χ3v) is 5.43. The molecule has 0 spiro atoms. The van der Waals surface area contributed by atoms with Crippen LogP contribution in [0.15, 0.2) is 48.5 Å². The van der Waals surface area contributed by atoms with Crippen molar-refractivity contribution in [3.63, 3.8) is 0 Å². The predicted molar refractivity (Wildman–Crippen MR) is 112 cm³/mol. The zero-order valence-electron chi connectivity index (χ0n) is 16.9. The number of benzene rings is 2. The Balaban J connectivity index is 1.60. The van der Waals surface area contributed by atoms with Gasteiger partial charge >= 0.3 is 6.03 Å². The Labute approximate surface area is 171 Å². The maximum absolute atomic E-state index is 13.9. The van der Waals surface area contributed by atoms with Crippen LogP contribution in [0.2, 0.25) is 0 Å². The number of carbonyl (C=O) groups excluding carboxylic acids is 1. The van der Waals surface area contributed by atoms with Crippen LogP contribution < -0.4 is 5.32 Å². The van der Waals surface area contributed by atoms with Crippen LogP contribution in [0.1, 0.15) is 38.2 Å². The number of hydrogen-bond acceptors (Lipinski definition) is 2. The third kappa shape index (κ3) is 6.00. The smallest absolute Gasteiger partial charge is 0.321 e. The number of amides is 2. The Bertz CT molecular complexity index is 792. The molecule has 156 valence electrons. The van der Waals surface area contributed by atoms with E-state index in [1.54, 1.807) is 0 Å². The largest absolute Gasteiger partial charge is 0.322 e. The van der Waals surface area contributed by atoms with Gasteiger partial charge in [0, 0.05) is 38.3 Å². The first-order valence-corrected chi connectivity index (χ1v) is 10.4. The predicted octanol–water partition coefficient (Wildman–Crippen LogP) is 5.26. The minimum atomic E-state index is -0.758. The van der Waals surface area contributed by atoms with Crippen LogP contribution >= 0.6 is 0 Å². The number of urea groups is 1. The van der Waals surface area contributed by atoms with Gasteiger partial charge in [-0.3, -0.25) is 4.90 Å². The van der Waals surface area contributed by atoms with Crippen LogP contribution in [0.3, 0.4) is 0 Å². The van der Waals surface area contributed by atoms with Crippen LogP contribution in [0, 0.1) is 11.6 Å². The maximum Gasteiger partial charge on any atom is 0.322 e. The van der Waals surface area contributed by atoms with E-state index in [0.29, 0.717) is 6.54 Å². The molecule has 0 aliphatic carbocycles. The monoisotopic (exact) mass is 401 g/mol. The number of unbranched alkanes of at least 4 members (excludes halogenated alkanes) is 1. The van der Waals surface area contributed by atoms with Crippen LogP contribution in [0.5, 0.6) is 0 Å². The molecule has 1 aliphatic heterocycles. The Kier molecular flexibility index (Phi) is 7.58. The van der Waals surface area contributed by atoms with Gasteiger partial charge < -0.3 is 10.2 Å². The first-order chi connectivity index (χ1) is 14.1. The van der Waals surface area contributed by atoms with Gasteiger partial charge in [-0.05, 0) is 37.0 Å². The molecule has 1 N–H and O–H groups in total. The number of rotatable bonds is 7. The lowest BCUT2D eigenvalue weighted by Gasteiger charge is -2.38. The van der Waals surface area contributed by atoms with Gasteiger partial charge in [0.1, 0.15) is 11.6 Å². The van der Waals surface area contributed by atoms with Gasteiger partial charge in [0.15, 0.2) is 0 Å². The molecule has 1 aliphatic rings. The Morgan fingerprint density at radius 1 is 1.14 bits per heavy atom. The average Bonchev–Trinajstić information content (AvgIpc) is 2.72. The van der Waals surface area contributed by atoms with Crippen LogP contribution in [-0.4, -0.2) is 41.5 Å². The van der Waals surface area contributed by atoms with Gasteiger partial charge in [0.2, 0.25) is 0 Å². The summed E-state index contributed by atoms with van der Waals surface area (Å²) in [4.78, 5) is 17.1. The molecule has 0 aromatic heterocycles. The summed E-state index contributed by atoms with van der Waals surface area (Å²) in [7, 11) is 0. The van der Waals surface area contributed by atoms with E-state index in [1.165, 1.54) is 11.6 Å². The van der Waals surface area contributed by atoms with E-state index in [2.05, 4.69) is 29.3 Å². The van der Waals surface area contributed by atoms with Crippen molar-refractivity contribution in [2.75, 3.05) is 25.0 Å². The molecule has 0 unspecified atom stereocenters. The van der Waals surface area contributed by atoms with Crippen molar-refractivity contribution in [1.82, 2.24) is 9.80 Å². The number of carbonyl (C=O) groups is 1. The molecule has 0 atom stereocenters. The molecule has 1 saturated heterocycles. The average molecular weight is 402 g/mol. The van der Waals surface area contributed by atoms with Gasteiger partial charge in [-0.2, -0.15) is 0 Å². The lowest BCUT2D eigenvalue weighted by atomic mass is 10.0. The van der Waals surface area contributed by atoms with Crippen molar-refractivity contribution < 1.29 is 13.6 Å². The van der Waals surface area contributed by atoms with E-state index >= 15 is 0 Å². The molecule has 6 heteroatoms. The highest BCUT2D eigenvalue weighted by atomic mass is 19.1. The molecule has 0 radical (unpaired) electrons. The van der Waals surface area contributed by atoms with E-state index in [0.717, 1.165) is 57.5 Å². The van der Waals surface area contributed by atoms with Crippen molar-refractivity contribution in [3.8, 4) is 0 Å². The summed E-state index contributed by atoms with van der Waals surface area (Å²) < 4.78 is 27.1. The summed E-state index contributed by atoms with van der Waals surface area (Å²) in [5.41, 5.74) is 1.30. The van der Waals surface area contributed by atoms with E-state index in [4.69, 9.17) is 0 Å². The second-order valence-corrected chi connectivity index (χ2v) is 7.59. The lowest BCUT2D eigenvalue weighted by molar-refractivity contribution is 0.122. The number of nitrogens with one attached hydrogen (secondary N) is 1. The first-order valence-electron chi connectivity index (χ1n) is 10.4. The Morgan fingerprint density at radius 2 is 1.86 bits per heavy atom. The number of anilines is 1. The highest BCUT2D eigenvalue weighted by Gasteiger charge is 2.28. The summed E-state index contributed by atoms with van der Waals surface area (Å²) in [6, 6.07) is 13.4. The van der Waals surface area contributed by atoms with E-state index in [9.17, 15) is 13.6 Å². The maximum atomic E-state index is 13.9. The van der Waals surface area contributed by atoms with Gasteiger partial charge in [-0.25, -0.2) is 13.6 Å². The van der Waals surface area contributed by atoms with Gasteiger partial charge in [0.05, 0.1) is 5.69 Å². The fraction of sp³-hybridized carbons (Fsp3) is 0.435. The molecule has 29 heavy (non-hydrogen) atoms. The van der Waals surface area contributed by atoms with Crippen molar-refractivity contribution in [3.05, 3.63) is 65.7 Å². The van der Waals surface area contributed by atoms with Crippen molar-refractivity contribution in [1.29, 1.82) is 0 Å². The summed E-state index contributed by atoms with van der Waals surface area (Å²) in [6.45, 7) is 5.46. The minimum absolute atomic E-state index is 0.0133. The number of likely N-dealkylation sites (tertiary alicyclic amines) is 1. The van der Waals surface area contributed by atoms with E-state index in [1.807, 2.05) is 23.1 Å². The van der Waals surface area contributed by atoms with E-state index in [-0.39, 0.29) is 17.8 Å². The number of nitrogens with zero attached hydrogens (tertiary/aromatic N) is 2. The fourth-order valence-electron chi connectivity index (χ4n) is 3.79.